The Balaban J connectivity index is 1.35. The van der Waals surface area contributed by atoms with Crippen LogP contribution in [0.3, 0.4) is 0 Å². The lowest BCUT2D eigenvalue weighted by Crippen LogP contribution is -2.37. The summed E-state index contributed by atoms with van der Waals surface area (Å²) in [5.41, 5.74) is 2.73. The molecule has 31 heavy (non-hydrogen) atoms. The molecule has 2 aromatic rings. The van der Waals surface area contributed by atoms with Crippen LogP contribution in [0.2, 0.25) is 0 Å². The maximum atomic E-state index is 12.1. The summed E-state index contributed by atoms with van der Waals surface area (Å²) >= 11 is 0. The normalized spacial score (nSPS) is 22.3. The summed E-state index contributed by atoms with van der Waals surface area (Å²) in [7, 11) is -3.28. The van der Waals surface area contributed by atoms with Crippen LogP contribution >= 0.6 is 0 Å². The van der Waals surface area contributed by atoms with E-state index in [1.807, 2.05) is 0 Å². The van der Waals surface area contributed by atoms with Crippen molar-refractivity contribution in [3.8, 4) is 0 Å². The van der Waals surface area contributed by atoms with E-state index in [0.717, 1.165) is 51.7 Å². The highest BCUT2D eigenvalue weighted by atomic mass is 32.2. The second-order valence-corrected chi connectivity index (χ2v) is 11.2. The Kier molecular flexibility index (Phi) is 6.79. The van der Waals surface area contributed by atoms with E-state index in [2.05, 4.69) is 53.2 Å². The van der Waals surface area contributed by atoms with Crippen molar-refractivity contribution in [2.75, 3.05) is 25.9 Å². The predicted octanol–water partition coefficient (Wildman–Crippen LogP) is 4.06. The molecule has 1 unspecified atom stereocenters. The molecule has 8 heteroatoms. The van der Waals surface area contributed by atoms with Gasteiger partial charge in [-0.3, -0.25) is 4.90 Å². The van der Waals surface area contributed by atoms with Gasteiger partial charge in [0.05, 0.1) is 6.26 Å². The van der Waals surface area contributed by atoms with E-state index in [1.165, 1.54) is 21.7 Å². The van der Waals surface area contributed by atoms with Crippen LogP contribution in [-0.2, 0) is 16.6 Å². The van der Waals surface area contributed by atoms with Crippen LogP contribution in [0.25, 0.3) is 0 Å². The van der Waals surface area contributed by atoms with E-state index >= 15 is 0 Å². The number of sulfonamides is 1. The lowest BCUT2D eigenvalue weighted by Gasteiger charge is -2.31. The molecule has 2 aliphatic rings. The Morgan fingerprint density at radius 2 is 1.68 bits per heavy atom. The Morgan fingerprint density at radius 1 is 1.00 bits per heavy atom. The molecule has 7 nitrogen and oxygen atoms in total. The molecular weight excluding hydrogens is 412 g/mol. The Labute approximate surface area is 185 Å². The largest absolute Gasteiger partial charge is 0.423 e. The number of nitrogens with zero attached hydrogens (tertiary/aromatic N) is 4. The van der Waals surface area contributed by atoms with Gasteiger partial charge in [0.1, 0.15) is 6.04 Å². The summed E-state index contributed by atoms with van der Waals surface area (Å²) in [6, 6.07) is 8.63. The average Bonchev–Trinajstić information content (AvgIpc) is 3.24. The molecule has 1 atom stereocenters. The second kappa shape index (κ2) is 9.38. The van der Waals surface area contributed by atoms with Gasteiger partial charge < -0.3 is 4.42 Å². The maximum Gasteiger partial charge on any atom is 0.234 e. The van der Waals surface area contributed by atoms with Crippen molar-refractivity contribution in [3.05, 3.63) is 47.2 Å². The van der Waals surface area contributed by atoms with Crippen LogP contribution in [0.15, 0.2) is 28.7 Å². The number of benzene rings is 1. The smallest absolute Gasteiger partial charge is 0.234 e. The summed E-state index contributed by atoms with van der Waals surface area (Å²) in [6.07, 6.45) is 5.81. The molecule has 3 heterocycles. The first-order valence-corrected chi connectivity index (χ1v) is 13.3. The lowest BCUT2D eigenvalue weighted by molar-refractivity contribution is 0.184. The number of hydrogen-bond acceptors (Lipinski definition) is 6. The van der Waals surface area contributed by atoms with Gasteiger partial charge in [-0.15, -0.1) is 10.2 Å². The molecule has 0 N–H and O–H groups in total. The van der Waals surface area contributed by atoms with Crippen molar-refractivity contribution in [3.63, 3.8) is 0 Å². The highest BCUT2D eigenvalue weighted by Gasteiger charge is 2.35. The molecule has 1 aromatic heterocycles. The first-order chi connectivity index (χ1) is 14.8. The fraction of sp³-hybridized carbons (Fsp3) is 0.652. The second-order valence-electron chi connectivity index (χ2n) is 9.31. The van der Waals surface area contributed by atoms with Crippen LogP contribution in [0.4, 0.5) is 0 Å². The van der Waals surface area contributed by atoms with Crippen molar-refractivity contribution in [1.82, 2.24) is 19.4 Å². The fourth-order valence-electron chi connectivity index (χ4n) is 4.70. The standard InChI is InChI=1S/C23H34N4O3S/c1-17(2)19-9-7-18(8-10-19)16-26-14-11-20(12-15-26)22-24-25-23(30-22)21-6-4-5-13-27(21)31(3,28)29/h7-10,17,20-21H,4-6,11-16H2,1-3H3. The topological polar surface area (TPSA) is 79.5 Å². The van der Waals surface area contributed by atoms with Crippen LogP contribution in [0.1, 0.15) is 86.7 Å². The molecule has 2 aliphatic heterocycles. The van der Waals surface area contributed by atoms with E-state index in [4.69, 9.17) is 4.42 Å². The maximum absolute atomic E-state index is 12.1. The zero-order valence-electron chi connectivity index (χ0n) is 18.8. The summed E-state index contributed by atoms with van der Waals surface area (Å²) < 4.78 is 31.8. The molecule has 2 fully saturated rings. The van der Waals surface area contributed by atoms with Crippen molar-refractivity contribution < 1.29 is 12.8 Å². The Morgan fingerprint density at radius 3 is 2.32 bits per heavy atom. The van der Waals surface area contributed by atoms with Gasteiger partial charge in [0.25, 0.3) is 0 Å². The van der Waals surface area contributed by atoms with Crippen LogP contribution in [0, 0.1) is 0 Å². The van der Waals surface area contributed by atoms with Gasteiger partial charge in [0, 0.05) is 19.0 Å². The minimum absolute atomic E-state index is 0.246. The molecule has 0 aliphatic carbocycles. The molecule has 2 saturated heterocycles. The predicted molar refractivity (Wildman–Crippen MR) is 120 cm³/mol. The average molecular weight is 447 g/mol. The number of aromatic nitrogens is 2. The summed E-state index contributed by atoms with van der Waals surface area (Å²) in [5.74, 6) is 1.92. The van der Waals surface area contributed by atoms with Crippen molar-refractivity contribution in [2.45, 2.75) is 70.4 Å². The molecule has 0 bridgehead atoms. The lowest BCUT2D eigenvalue weighted by atomic mass is 9.96. The summed E-state index contributed by atoms with van der Waals surface area (Å²) in [6.45, 7) is 7.91. The molecule has 0 amide bonds. The van der Waals surface area contributed by atoms with Gasteiger partial charge in [0.2, 0.25) is 21.8 Å². The molecule has 170 valence electrons. The number of rotatable bonds is 6. The third-order valence-corrected chi connectivity index (χ3v) is 7.90. The van der Waals surface area contributed by atoms with Gasteiger partial charge in [-0.05, 0) is 55.8 Å². The monoisotopic (exact) mass is 446 g/mol. The third kappa shape index (κ3) is 5.35. The minimum atomic E-state index is -3.28. The number of piperidine rings is 2. The van der Waals surface area contributed by atoms with Crippen molar-refractivity contribution in [2.24, 2.45) is 0 Å². The van der Waals surface area contributed by atoms with Crippen molar-refractivity contribution >= 4 is 10.0 Å². The van der Waals surface area contributed by atoms with Crippen LogP contribution in [0.5, 0.6) is 0 Å². The van der Waals surface area contributed by atoms with Gasteiger partial charge in [-0.25, -0.2) is 8.42 Å². The fourth-order valence-corrected chi connectivity index (χ4v) is 5.82. The van der Waals surface area contributed by atoms with E-state index in [9.17, 15) is 8.42 Å². The van der Waals surface area contributed by atoms with E-state index in [0.29, 0.717) is 24.2 Å². The minimum Gasteiger partial charge on any atom is -0.423 e. The van der Waals surface area contributed by atoms with E-state index in [-0.39, 0.29) is 12.0 Å². The van der Waals surface area contributed by atoms with Gasteiger partial charge in [0.15, 0.2) is 0 Å². The first kappa shape index (κ1) is 22.4. The summed E-state index contributed by atoms with van der Waals surface area (Å²) in [5, 5.41) is 8.56. The quantitative estimate of drug-likeness (QED) is 0.666. The van der Waals surface area contributed by atoms with Crippen LogP contribution in [-0.4, -0.2) is 53.7 Å². The third-order valence-electron chi connectivity index (χ3n) is 6.61. The first-order valence-electron chi connectivity index (χ1n) is 11.4. The molecule has 0 spiro atoms. The van der Waals surface area contributed by atoms with E-state index in [1.54, 1.807) is 0 Å². The van der Waals surface area contributed by atoms with Gasteiger partial charge in [-0.2, -0.15) is 4.31 Å². The zero-order valence-corrected chi connectivity index (χ0v) is 19.6. The highest BCUT2D eigenvalue weighted by molar-refractivity contribution is 7.88. The zero-order chi connectivity index (χ0) is 22.0. The van der Waals surface area contributed by atoms with Gasteiger partial charge >= 0.3 is 0 Å². The van der Waals surface area contributed by atoms with E-state index < -0.39 is 10.0 Å². The summed E-state index contributed by atoms with van der Waals surface area (Å²) in [4.78, 5) is 2.48. The molecule has 4 rings (SSSR count). The molecule has 1 aromatic carbocycles. The molecule has 0 saturated carbocycles. The molecule has 0 radical (unpaired) electrons. The Bertz CT molecular complexity index is 963. The number of hydrogen-bond donors (Lipinski definition) is 0. The van der Waals surface area contributed by atoms with Crippen LogP contribution < -0.4 is 0 Å². The number of likely N-dealkylation sites (tertiary alicyclic amines) is 1. The highest BCUT2D eigenvalue weighted by Crippen LogP contribution is 2.34. The van der Waals surface area contributed by atoms with Gasteiger partial charge in [-0.1, -0.05) is 44.5 Å². The van der Waals surface area contributed by atoms with Crippen molar-refractivity contribution in [1.29, 1.82) is 0 Å². The SMILES string of the molecule is CC(C)c1ccc(CN2CCC(c3nnc(C4CCCCN4S(C)(=O)=O)o3)CC2)cc1. The molecular formula is C23H34N4O3S. The Hall–Kier alpha value is -1.77.